The molecule has 0 spiro atoms. The molecule has 4 atom stereocenters. The van der Waals surface area contributed by atoms with E-state index in [4.69, 9.17) is 0 Å². The van der Waals surface area contributed by atoms with Gasteiger partial charge in [0.25, 0.3) is 0 Å². The second-order valence-electron chi connectivity index (χ2n) is 8.87. The van der Waals surface area contributed by atoms with Crippen molar-refractivity contribution in [2.75, 3.05) is 19.6 Å². The molecule has 2 fully saturated rings. The zero-order valence-electron chi connectivity index (χ0n) is 18.4. The van der Waals surface area contributed by atoms with E-state index in [0.29, 0.717) is 25.3 Å². The predicted octanol–water partition coefficient (Wildman–Crippen LogP) is 2.56. The molecule has 0 radical (unpaired) electrons. The Morgan fingerprint density at radius 3 is 2.74 bits per heavy atom. The Morgan fingerprint density at radius 2 is 2.06 bits per heavy atom. The van der Waals surface area contributed by atoms with Gasteiger partial charge in [0.05, 0.1) is 5.70 Å². The summed E-state index contributed by atoms with van der Waals surface area (Å²) in [6.07, 6.45) is 2.49. The zero-order chi connectivity index (χ0) is 22.2. The van der Waals surface area contributed by atoms with Crippen molar-refractivity contribution in [3.8, 4) is 0 Å². The quantitative estimate of drug-likeness (QED) is 0.677. The number of benzene rings is 1. The highest BCUT2D eigenvalue weighted by atomic mass is 19.1. The van der Waals surface area contributed by atoms with Crippen molar-refractivity contribution >= 4 is 11.8 Å². The number of allylic oxidation sites excluding steroid dienone is 2. The Labute approximate surface area is 183 Å². The third kappa shape index (κ3) is 3.87. The predicted molar refractivity (Wildman–Crippen MR) is 118 cm³/mol. The smallest absolute Gasteiger partial charge is 0.245 e. The van der Waals surface area contributed by atoms with Crippen LogP contribution in [0.4, 0.5) is 4.39 Å². The Morgan fingerprint density at radius 1 is 1.32 bits per heavy atom. The molecule has 2 unspecified atom stereocenters. The number of halogens is 1. The van der Waals surface area contributed by atoms with E-state index in [9.17, 15) is 14.0 Å². The van der Waals surface area contributed by atoms with Crippen LogP contribution in [0.15, 0.2) is 53.6 Å². The molecule has 3 aliphatic rings. The lowest BCUT2D eigenvalue weighted by Crippen LogP contribution is -2.62. The SMILES string of the molecule is CCNC1=C2NC(=O)C(C)(N3CC[C@H](c4ccccc4)[C@@H](NC(C)=O)C3)C2CC(F)=C1. The van der Waals surface area contributed by atoms with Gasteiger partial charge in [-0.05, 0) is 38.5 Å². The third-order valence-electron chi connectivity index (χ3n) is 6.98. The lowest BCUT2D eigenvalue weighted by molar-refractivity contribution is -0.132. The first-order valence-corrected chi connectivity index (χ1v) is 11.1. The van der Waals surface area contributed by atoms with E-state index in [1.54, 1.807) is 0 Å². The standard InChI is InChI=1S/C24H31FN4O2/c1-4-26-20-13-17(25)12-19-22(20)28-23(31)24(19,3)29-11-10-18(16-8-6-5-7-9-16)21(14-29)27-15(2)30/h5-9,13,18-19,21,26H,4,10-12,14H2,1-3H3,(H,27,30)(H,28,31)/t18-,19?,21+,24?/m1/s1. The summed E-state index contributed by atoms with van der Waals surface area (Å²) in [5.74, 6) is -0.527. The highest BCUT2D eigenvalue weighted by Crippen LogP contribution is 2.45. The maximum atomic E-state index is 14.5. The van der Waals surface area contributed by atoms with Gasteiger partial charge in [-0.3, -0.25) is 14.5 Å². The van der Waals surface area contributed by atoms with Crippen LogP contribution in [0.5, 0.6) is 0 Å². The van der Waals surface area contributed by atoms with Crippen LogP contribution < -0.4 is 16.0 Å². The summed E-state index contributed by atoms with van der Waals surface area (Å²) < 4.78 is 14.5. The van der Waals surface area contributed by atoms with Crippen molar-refractivity contribution in [2.45, 2.75) is 51.1 Å². The third-order valence-corrected chi connectivity index (χ3v) is 6.98. The lowest BCUT2D eigenvalue weighted by Gasteiger charge is -2.47. The molecule has 2 amide bonds. The maximum Gasteiger partial charge on any atom is 0.245 e. The summed E-state index contributed by atoms with van der Waals surface area (Å²) in [6.45, 7) is 7.27. The molecule has 31 heavy (non-hydrogen) atoms. The van der Waals surface area contributed by atoms with Crippen LogP contribution in [0.3, 0.4) is 0 Å². The van der Waals surface area contributed by atoms with Gasteiger partial charge in [-0.1, -0.05) is 30.3 Å². The largest absolute Gasteiger partial charge is 0.384 e. The molecule has 0 aromatic heterocycles. The molecule has 6 nitrogen and oxygen atoms in total. The first kappa shape index (κ1) is 21.6. The number of rotatable bonds is 5. The van der Waals surface area contributed by atoms with E-state index in [0.717, 1.165) is 12.1 Å². The number of carbonyl (C=O) groups is 2. The summed E-state index contributed by atoms with van der Waals surface area (Å²) >= 11 is 0. The van der Waals surface area contributed by atoms with Crippen molar-refractivity contribution in [1.82, 2.24) is 20.9 Å². The van der Waals surface area contributed by atoms with Gasteiger partial charge in [0.15, 0.2) is 0 Å². The lowest BCUT2D eigenvalue weighted by atomic mass is 9.76. The van der Waals surface area contributed by atoms with Crippen LogP contribution in [-0.2, 0) is 9.59 Å². The van der Waals surface area contributed by atoms with Gasteiger partial charge in [0, 0.05) is 50.0 Å². The van der Waals surface area contributed by atoms with Crippen molar-refractivity contribution in [2.24, 2.45) is 5.92 Å². The minimum atomic E-state index is -0.875. The first-order valence-electron chi connectivity index (χ1n) is 11.1. The van der Waals surface area contributed by atoms with E-state index >= 15 is 0 Å². The number of nitrogens with one attached hydrogen (secondary N) is 3. The van der Waals surface area contributed by atoms with Crippen LogP contribution in [-0.4, -0.2) is 47.9 Å². The molecular weight excluding hydrogens is 395 g/mol. The van der Waals surface area contributed by atoms with Crippen LogP contribution in [0.25, 0.3) is 0 Å². The van der Waals surface area contributed by atoms with Crippen LogP contribution >= 0.6 is 0 Å². The Balaban J connectivity index is 1.64. The molecule has 3 N–H and O–H groups in total. The Kier molecular flexibility index (Phi) is 5.88. The molecular formula is C24H31FN4O2. The van der Waals surface area contributed by atoms with Gasteiger partial charge >= 0.3 is 0 Å². The fourth-order valence-corrected chi connectivity index (χ4v) is 5.40. The molecule has 4 rings (SSSR count). The minimum absolute atomic E-state index is 0.0875. The second-order valence-corrected chi connectivity index (χ2v) is 8.87. The van der Waals surface area contributed by atoms with Gasteiger partial charge in [-0.2, -0.15) is 0 Å². The molecule has 1 aromatic rings. The maximum absolute atomic E-state index is 14.5. The summed E-state index contributed by atoms with van der Waals surface area (Å²) in [6, 6.07) is 10.1. The topological polar surface area (TPSA) is 73.5 Å². The fourth-order valence-electron chi connectivity index (χ4n) is 5.40. The number of likely N-dealkylation sites (tertiary alicyclic amines) is 1. The molecule has 7 heteroatoms. The molecule has 1 aromatic carbocycles. The number of hydrogen-bond donors (Lipinski definition) is 3. The summed E-state index contributed by atoms with van der Waals surface area (Å²) in [4.78, 5) is 27.4. The molecule has 1 aliphatic carbocycles. The number of nitrogens with zero attached hydrogens (tertiary/aromatic N) is 1. The van der Waals surface area contributed by atoms with Gasteiger partial charge in [-0.15, -0.1) is 0 Å². The van der Waals surface area contributed by atoms with Crippen LogP contribution in [0, 0.1) is 5.92 Å². The average molecular weight is 427 g/mol. The minimum Gasteiger partial charge on any atom is -0.384 e. The number of piperidine rings is 1. The van der Waals surface area contributed by atoms with E-state index < -0.39 is 5.54 Å². The first-order chi connectivity index (χ1) is 14.8. The van der Waals surface area contributed by atoms with Crippen molar-refractivity contribution in [1.29, 1.82) is 0 Å². The van der Waals surface area contributed by atoms with Crippen molar-refractivity contribution in [3.63, 3.8) is 0 Å². The summed E-state index contributed by atoms with van der Waals surface area (Å²) in [7, 11) is 0. The molecule has 166 valence electrons. The van der Waals surface area contributed by atoms with E-state index in [1.165, 1.54) is 18.6 Å². The van der Waals surface area contributed by atoms with Crippen LogP contribution in [0.2, 0.25) is 0 Å². The highest BCUT2D eigenvalue weighted by molar-refractivity contribution is 5.92. The fraction of sp³-hybridized carbons (Fsp3) is 0.500. The van der Waals surface area contributed by atoms with Crippen molar-refractivity contribution < 1.29 is 14.0 Å². The van der Waals surface area contributed by atoms with Gasteiger partial charge < -0.3 is 16.0 Å². The summed E-state index contributed by atoms with van der Waals surface area (Å²) in [5, 5.41) is 9.32. The molecule has 0 saturated carbocycles. The van der Waals surface area contributed by atoms with Gasteiger partial charge in [0.1, 0.15) is 11.4 Å². The Bertz CT molecular complexity index is 929. The number of hydrogen-bond acceptors (Lipinski definition) is 4. The highest BCUT2D eigenvalue weighted by Gasteiger charge is 2.56. The number of amides is 2. The second kappa shape index (κ2) is 8.46. The number of fused-ring (bicyclic) bond motifs is 1. The zero-order valence-corrected chi connectivity index (χ0v) is 18.4. The summed E-state index contributed by atoms with van der Waals surface area (Å²) in [5.41, 5.74) is 1.74. The molecule has 2 aliphatic heterocycles. The van der Waals surface area contributed by atoms with Crippen LogP contribution in [0.1, 0.15) is 45.1 Å². The average Bonchev–Trinajstić information content (AvgIpc) is 3.00. The van der Waals surface area contributed by atoms with Gasteiger partial charge in [-0.25, -0.2) is 4.39 Å². The van der Waals surface area contributed by atoms with Crippen molar-refractivity contribution in [3.05, 3.63) is 59.2 Å². The number of carbonyl (C=O) groups excluding carboxylic acids is 2. The van der Waals surface area contributed by atoms with E-state index in [1.807, 2.05) is 32.0 Å². The molecule has 2 heterocycles. The molecule has 2 saturated heterocycles. The van der Waals surface area contributed by atoms with E-state index in [2.05, 4.69) is 33.0 Å². The number of likely N-dealkylation sites (N-methyl/N-ethyl adjacent to an activating group) is 1. The Hall–Kier alpha value is -2.67. The monoisotopic (exact) mass is 426 g/mol. The normalized spacial score (nSPS) is 31.0. The molecule has 0 bridgehead atoms. The van der Waals surface area contributed by atoms with E-state index in [-0.39, 0.29) is 41.9 Å². The van der Waals surface area contributed by atoms with Gasteiger partial charge in [0.2, 0.25) is 11.8 Å².